The molecule has 0 fully saturated rings. The number of imidazole rings is 1. The quantitative estimate of drug-likeness (QED) is 0.811. The first-order valence-electron chi connectivity index (χ1n) is 5.69. The minimum Gasteiger partial charge on any atom is -0.406 e. The fraction of sp³-hybridized carbons (Fsp3) is 0.231. The molecule has 1 aromatic heterocycles. The van der Waals surface area contributed by atoms with Crippen molar-refractivity contribution in [1.29, 1.82) is 0 Å². The Kier molecular flexibility index (Phi) is 3.78. The van der Waals surface area contributed by atoms with Crippen molar-refractivity contribution in [1.82, 2.24) is 9.55 Å². The van der Waals surface area contributed by atoms with Crippen molar-refractivity contribution in [3.8, 4) is 5.75 Å². The van der Waals surface area contributed by atoms with Gasteiger partial charge in [-0.25, -0.2) is 4.98 Å². The summed E-state index contributed by atoms with van der Waals surface area (Å²) in [5, 5.41) is 0. The predicted octanol–water partition coefficient (Wildman–Crippen LogP) is 2.74. The lowest BCUT2D eigenvalue weighted by Gasteiger charge is -2.08. The molecule has 0 saturated carbocycles. The molecule has 1 aromatic carbocycles. The number of carbonyl (C=O) groups is 1. The Morgan fingerprint density at radius 3 is 2.45 bits per heavy atom. The minimum absolute atomic E-state index is 0.0727. The summed E-state index contributed by atoms with van der Waals surface area (Å²) in [6.07, 6.45) is -1.55. The third-order valence-corrected chi connectivity index (χ3v) is 2.51. The van der Waals surface area contributed by atoms with Crippen molar-refractivity contribution >= 4 is 5.78 Å². The molecule has 0 saturated heterocycles. The molecular weight excluding hydrogens is 273 g/mol. The van der Waals surface area contributed by atoms with Crippen LogP contribution in [0.5, 0.6) is 5.75 Å². The van der Waals surface area contributed by atoms with Crippen LogP contribution in [0, 0.1) is 0 Å². The first-order chi connectivity index (χ1) is 9.33. The standard InChI is InChI=1S/C13H11F3N2O2/c1-18-7-11(17-8-18)12(19)6-9-2-4-10(5-3-9)20-13(14,15)16/h2-5,7-8H,6H2,1H3. The largest absolute Gasteiger partial charge is 0.573 e. The average Bonchev–Trinajstić information content (AvgIpc) is 2.77. The number of ether oxygens (including phenoxy) is 1. The second-order valence-corrected chi connectivity index (χ2v) is 4.22. The molecule has 20 heavy (non-hydrogen) atoms. The normalized spacial score (nSPS) is 11.4. The third kappa shape index (κ3) is 3.84. The van der Waals surface area contributed by atoms with Gasteiger partial charge in [-0.3, -0.25) is 4.79 Å². The molecule has 1 heterocycles. The van der Waals surface area contributed by atoms with E-state index in [4.69, 9.17) is 0 Å². The van der Waals surface area contributed by atoms with Crippen LogP contribution in [-0.2, 0) is 13.5 Å². The molecule has 0 atom stereocenters. The molecule has 106 valence electrons. The Labute approximate surface area is 112 Å². The summed E-state index contributed by atoms with van der Waals surface area (Å²) < 4.78 is 41.4. The zero-order chi connectivity index (χ0) is 14.8. The van der Waals surface area contributed by atoms with Crippen molar-refractivity contribution in [2.45, 2.75) is 12.8 Å². The first kappa shape index (κ1) is 14.1. The molecule has 7 heteroatoms. The zero-order valence-electron chi connectivity index (χ0n) is 10.5. The third-order valence-electron chi connectivity index (χ3n) is 2.51. The number of ketones is 1. The van der Waals surface area contributed by atoms with E-state index >= 15 is 0 Å². The number of Topliss-reactive ketones (excluding diaryl/α,β-unsaturated/α-hetero) is 1. The van der Waals surface area contributed by atoms with Gasteiger partial charge in [-0.15, -0.1) is 13.2 Å². The fourth-order valence-corrected chi connectivity index (χ4v) is 1.64. The summed E-state index contributed by atoms with van der Waals surface area (Å²) >= 11 is 0. The SMILES string of the molecule is Cn1cnc(C(=O)Cc2ccc(OC(F)(F)F)cc2)c1. The maximum Gasteiger partial charge on any atom is 0.573 e. The molecule has 0 aliphatic heterocycles. The zero-order valence-corrected chi connectivity index (χ0v) is 10.5. The van der Waals surface area contributed by atoms with Gasteiger partial charge >= 0.3 is 6.36 Å². The Morgan fingerprint density at radius 1 is 1.30 bits per heavy atom. The van der Waals surface area contributed by atoms with Crippen LogP contribution >= 0.6 is 0 Å². The first-order valence-corrected chi connectivity index (χ1v) is 5.69. The molecular formula is C13H11F3N2O2. The van der Waals surface area contributed by atoms with Crippen molar-refractivity contribution < 1.29 is 22.7 Å². The van der Waals surface area contributed by atoms with E-state index < -0.39 is 6.36 Å². The van der Waals surface area contributed by atoms with Crippen molar-refractivity contribution in [2.24, 2.45) is 7.05 Å². The number of halogens is 3. The maximum atomic E-state index is 12.0. The molecule has 0 bridgehead atoms. The highest BCUT2D eigenvalue weighted by atomic mass is 19.4. The number of hydrogen-bond donors (Lipinski definition) is 0. The Hall–Kier alpha value is -2.31. The van der Waals surface area contributed by atoms with E-state index in [-0.39, 0.29) is 18.0 Å². The van der Waals surface area contributed by atoms with E-state index in [2.05, 4.69) is 9.72 Å². The van der Waals surface area contributed by atoms with Gasteiger partial charge in [-0.2, -0.15) is 0 Å². The summed E-state index contributed by atoms with van der Waals surface area (Å²) in [5.41, 5.74) is 0.915. The second-order valence-electron chi connectivity index (χ2n) is 4.22. The lowest BCUT2D eigenvalue weighted by molar-refractivity contribution is -0.274. The van der Waals surface area contributed by atoms with Crippen LogP contribution in [0.4, 0.5) is 13.2 Å². The molecule has 0 aliphatic carbocycles. The van der Waals surface area contributed by atoms with E-state index in [1.165, 1.54) is 30.6 Å². The summed E-state index contributed by atoms with van der Waals surface area (Å²) in [7, 11) is 1.74. The maximum absolute atomic E-state index is 12.0. The van der Waals surface area contributed by atoms with Crippen molar-refractivity contribution in [3.05, 3.63) is 48.0 Å². The smallest absolute Gasteiger partial charge is 0.406 e. The molecule has 0 unspecified atom stereocenters. The van der Waals surface area contributed by atoms with Gasteiger partial charge in [0, 0.05) is 19.7 Å². The lowest BCUT2D eigenvalue weighted by Crippen LogP contribution is -2.17. The van der Waals surface area contributed by atoms with Crippen LogP contribution in [0.25, 0.3) is 0 Å². The molecule has 0 radical (unpaired) electrons. The highest BCUT2D eigenvalue weighted by Gasteiger charge is 2.30. The van der Waals surface area contributed by atoms with Gasteiger partial charge in [0.15, 0.2) is 5.78 Å². The number of nitrogens with zero attached hydrogens (tertiary/aromatic N) is 2. The Balaban J connectivity index is 2.02. The molecule has 0 N–H and O–H groups in total. The van der Waals surface area contributed by atoms with Gasteiger partial charge in [-0.05, 0) is 17.7 Å². The number of hydrogen-bond acceptors (Lipinski definition) is 3. The number of aromatic nitrogens is 2. The highest BCUT2D eigenvalue weighted by molar-refractivity contribution is 5.95. The van der Waals surface area contributed by atoms with E-state index in [0.717, 1.165) is 0 Å². The monoisotopic (exact) mass is 284 g/mol. The van der Waals surface area contributed by atoms with Gasteiger partial charge in [0.2, 0.25) is 0 Å². The number of aryl methyl sites for hydroxylation is 1. The fourth-order valence-electron chi connectivity index (χ4n) is 1.64. The summed E-state index contributed by atoms with van der Waals surface area (Å²) in [5.74, 6) is -0.512. The van der Waals surface area contributed by atoms with Crippen LogP contribution < -0.4 is 4.74 Å². The van der Waals surface area contributed by atoms with Crippen LogP contribution in [-0.4, -0.2) is 21.7 Å². The van der Waals surface area contributed by atoms with E-state index in [1.54, 1.807) is 17.8 Å². The molecule has 0 aliphatic rings. The number of alkyl halides is 3. The van der Waals surface area contributed by atoms with Crippen molar-refractivity contribution in [3.63, 3.8) is 0 Å². The van der Waals surface area contributed by atoms with Crippen molar-refractivity contribution in [2.75, 3.05) is 0 Å². The highest BCUT2D eigenvalue weighted by Crippen LogP contribution is 2.23. The number of carbonyl (C=O) groups excluding carboxylic acids is 1. The number of rotatable bonds is 4. The van der Waals surface area contributed by atoms with E-state index in [0.29, 0.717) is 11.3 Å². The van der Waals surface area contributed by atoms with Gasteiger partial charge in [0.1, 0.15) is 11.4 Å². The Bertz CT molecular complexity index is 603. The van der Waals surface area contributed by atoms with Crippen LogP contribution in [0.2, 0.25) is 0 Å². The van der Waals surface area contributed by atoms with Gasteiger partial charge in [0.25, 0.3) is 0 Å². The topological polar surface area (TPSA) is 44.1 Å². The number of benzene rings is 1. The molecule has 4 nitrogen and oxygen atoms in total. The van der Waals surface area contributed by atoms with Crippen LogP contribution in [0.3, 0.4) is 0 Å². The van der Waals surface area contributed by atoms with Gasteiger partial charge in [-0.1, -0.05) is 12.1 Å². The Morgan fingerprint density at radius 2 is 1.95 bits per heavy atom. The molecule has 0 amide bonds. The van der Waals surface area contributed by atoms with E-state index in [9.17, 15) is 18.0 Å². The van der Waals surface area contributed by atoms with Crippen LogP contribution in [0.1, 0.15) is 16.1 Å². The summed E-state index contributed by atoms with van der Waals surface area (Å²) in [4.78, 5) is 15.8. The van der Waals surface area contributed by atoms with Gasteiger partial charge in [0.05, 0.1) is 6.33 Å². The van der Waals surface area contributed by atoms with Gasteiger partial charge < -0.3 is 9.30 Å². The summed E-state index contributed by atoms with van der Waals surface area (Å²) in [6.45, 7) is 0. The average molecular weight is 284 g/mol. The molecule has 2 rings (SSSR count). The lowest BCUT2D eigenvalue weighted by atomic mass is 10.1. The van der Waals surface area contributed by atoms with E-state index in [1.807, 2.05) is 0 Å². The second kappa shape index (κ2) is 5.36. The van der Waals surface area contributed by atoms with Crippen LogP contribution in [0.15, 0.2) is 36.8 Å². The summed E-state index contributed by atoms with van der Waals surface area (Å²) in [6, 6.07) is 5.19. The molecule has 0 spiro atoms. The predicted molar refractivity (Wildman–Crippen MR) is 64.4 cm³/mol. The minimum atomic E-state index is -4.72. The molecule has 2 aromatic rings.